The van der Waals surface area contributed by atoms with Crippen molar-refractivity contribution in [3.05, 3.63) is 60.2 Å². The fraction of sp³-hybridized carbons (Fsp3) is 0.316. The van der Waals surface area contributed by atoms with Crippen molar-refractivity contribution in [1.29, 1.82) is 0 Å². The van der Waals surface area contributed by atoms with Crippen molar-refractivity contribution < 1.29 is 14.3 Å². The number of ether oxygens (including phenoxy) is 2. The third kappa shape index (κ3) is 5.02. The molecule has 0 bridgehead atoms. The molecule has 4 nitrogen and oxygen atoms in total. The molecule has 2 aromatic rings. The van der Waals surface area contributed by atoms with Gasteiger partial charge >= 0.3 is 0 Å². The van der Waals surface area contributed by atoms with Gasteiger partial charge in [-0.25, -0.2) is 0 Å². The van der Waals surface area contributed by atoms with Crippen LogP contribution in [0, 0.1) is 0 Å². The molecule has 0 aliphatic rings. The van der Waals surface area contributed by atoms with Crippen molar-refractivity contribution in [3.8, 4) is 11.5 Å². The molecule has 0 aromatic heterocycles. The van der Waals surface area contributed by atoms with Crippen LogP contribution in [0.2, 0.25) is 0 Å². The second-order valence-corrected chi connectivity index (χ2v) is 5.50. The van der Waals surface area contributed by atoms with E-state index in [4.69, 9.17) is 9.47 Å². The summed E-state index contributed by atoms with van der Waals surface area (Å²) in [6.07, 6.45) is -0.565. The van der Waals surface area contributed by atoms with Gasteiger partial charge in [-0.1, -0.05) is 43.3 Å². The number of amides is 1. The van der Waals surface area contributed by atoms with Gasteiger partial charge in [0.2, 0.25) is 0 Å². The van der Waals surface area contributed by atoms with Crippen LogP contribution in [0.4, 0.5) is 0 Å². The van der Waals surface area contributed by atoms with Crippen LogP contribution in [0.5, 0.6) is 11.5 Å². The monoisotopic (exact) mass is 313 g/mol. The molecule has 2 rings (SSSR count). The van der Waals surface area contributed by atoms with Crippen LogP contribution in [0.1, 0.15) is 25.3 Å². The van der Waals surface area contributed by atoms with Gasteiger partial charge in [0, 0.05) is 12.6 Å². The summed E-state index contributed by atoms with van der Waals surface area (Å²) in [5, 5.41) is 2.93. The fourth-order valence-electron chi connectivity index (χ4n) is 2.23. The first-order valence-electron chi connectivity index (χ1n) is 7.73. The zero-order valence-electron chi connectivity index (χ0n) is 13.8. The van der Waals surface area contributed by atoms with Gasteiger partial charge in [-0.15, -0.1) is 0 Å². The summed E-state index contributed by atoms with van der Waals surface area (Å²) in [6, 6.07) is 17.3. The molecule has 0 aliphatic carbocycles. The summed E-state index contributed by atoms with van der Waals surface area (Å²) in [6.45, 7) is 4.40. The Morgan fingerprint density at radius 1 is 1.04 bits per heavy atom. The normalized spacial score (nSPS) is 13.0. The van der Waals surface area contributed by atoms with Crippen LogP contribution in [-0.2, 0) is 4.79 Å². The minimum atomic E-state index is -0.565. The number of carbonyl (C=O) groups excluding carboxylic acids is 1. The number of hydrogen-bond donors (Lipinski definition) is 1. The molecule has 0 unspecified atom stereocenters. The summed E-state index contributed by atoms with van der Waals surface area (Å²) in [5.41, 5.74) is 1.20. The third-order valence-electron chi connectivity index (χ3n) is 3.67. The van der Waals surface area contributed by atoms with E-state index in [-0.39, 0.29) is 11.8 Å². The lowest BCUT2D eigenvalue weighted by Gasteiger charge is -2.17. The molecule has 4 heteroatoms. The molecule has 0 saturated heterocycles. The molecule has 0 aliphatic heterocycles. The minimum absolute atomic E-state index is 0.129. The summed E-state index contributed by atoms with van der Waals surface area (Å²) in [7, 11) is 1.60. The maximum Gasteiger partial charge on any atom is 0.260 e. The van der Waals surface area contributed by atoms with E-state index in [2.05, 4.69) is 24.4 Å². The van der Waals surface area contributed by atoms with Crippen molar-refractivity contribution in [1.82, 2.24) is 5.32 Å². The zero-order chi connectivity index (χ0) is 16.7. The molecule has 122 valence electrons. The van der Waals surface area contributed by atoms with Gasteiger partial charge in [0.1, 0.15) is 11.5 Å². The average molecular weight is 313 g/mol. The topological polar surface area (TPSA) is 47.6 Å². The number of benzene rings is 2. The highest BCUT2D eigenvalue weighted by Gasteiger charge is 2.16. The average Bonchev–Trinajstić information content (AvgIpc) is 2.60. The maximum atomic E-state index is 12.2. The standard InChI is InChI=1S/C19H23NO3/c1-14(16-8-5-4-6-9-16)13-20-19(21)15(2)23-18-11-7-10-17(12-18)22-3/h4-12,14-15H,13H2,1-3H3,(H,20,21)/t14-,15+/m1/s1. The Morgan fingerprint density at radius 2 is 1.74 bits per heavy atom. The predicted molar refractivity (Wildman–Crippen MR) is 91.0 cm³/mol. The number of carbonyl (C=O) groups is 1. The van der Waals surface area contributed by atoms with Gasteiger partial charge in [0.25, 0.3) is 5.91 Å². The molecule has 0 heterocycles. The largest absolute Gasteiger partial charge is 0.497 e. The molecule has 0 fully saturated rings. The van der Waals surface area contributed by atoms with Crippen LogP contribution in [0.3, 0.4) is 0 Å². The molecule has 23 heavy (non-hydrogen) atoms. The van der Waals surface area contributed by atoms with E-state index in [1.54, 1.807) is 26.2 Å². The smallest absolute Gasteiger partial charge is 0.260 e. The lowest BCUT2D eigenvalue weighted by Crippen LogP contribution is -2.38. The van der Waals surface area contributed by atoms with Gasteiger partial charge in [-0.3, -0.25) is 4.79 Å². The van der Waals surface area contributed by atoms with Crippen LogP contribution in [0.15, 0.2) is 54.6 Å². The van der Waals surface area contributed by atoms with E-state index < -0.39 is 6.10 Å². The Kier molecular flexibility index (Phi) is 6.03. The second-order valence-electron chi connectivity index (χ2n) is 5.50. The van der Waals surface area contributed by atoms with Crippen LogP contribution >= 0.6 is 0 Å². The highest BCUT2D eigenvalue weighted by molar-refractivity contribution is 5.80. The van der Waals surface area contributed by atoms with Crippen molar-refractivity contribution in [2.75, 3.05) is 13.7 Å². The Balaban J connectivity index is 1.85. The first-order valence-corrected chi connectivity index (χ1v) is 7.73. The van der Waals surface area contributed by atoms with Gasteiger partial charge in [0.05, 0.1) is 7.11 Å². The van der Waals surface area contributed by atoms with Crippen LogP contribution in [-0.4, -0.2) is 25.7 Å². The van der Waals surface area contributed by atoms with E-state index in [0.29, 0.717) is 18.0 Å². The Bertz CT molecular complexity index is 628. The number of hydrogen-bond acceptors (Lipinski definition) is 3. The number of rotatable bonds is 7. The molecule has 1 amide bonds. The van der Waals surface area contributed by atoms with E-state index in [1.807, 2.05) is 30.3 Å². The molecule has 1 N–H and O–H groups in total. The summed E-state index contributed by atoms with van der Waals surface area (Å²) in [4.78, 5) is 12.2. The SMILES string of the molecule is COc1cccc(O[C@@H](C)C(=O)NC[C@@H](C)c2ccccc2)c1. The van der Waals surface area contributed by atoms with Gasteiger partial charge < -0.3 is 14.8 Å². The highest BCUT2D eigenvalue weighted by atomic mass is 16.5. The fourth-order valence-corrected chi connectivity index (χ4v) is 2.23. The summed E-state index contributed by atoms with van der Waals surface area (Å²) < 4.78 is 10.8. The van der Waals surface area contributed by atoms with Gasteiger partial charge in [-0.2, -0.15) is 0 Å². The maximum absolute atomic E-state index is 12.2. The molecule has 2 aromatic carbocycles. The van der Waals surface area contributed by atoms with Gasteiger partial charge in [0.15, 0.2) is 6.10 Å². The lowest BCUT2D eigenvalue weighted by molar-refractivity contribution is -0.127. The van der Waals surface area contributed by atoms with Gasteiger partial charge in [-0.05, 0) is 30.5 Å². The van der Waals surface area contributed by atoms with E-state index in [1.165, 1.54) is 5.56 Å². The van der Waals surface area contributed by atoms with E-state index >= 15 is 0 Å². The van der Waals surface area contributed by atoms with Crippen molar-refractivity contribution in [2.24, 2.45) is 0 Å². The first-order chi connectivity index (χ1) is 11.1. The predicted octanol–water partition coefficient (Wildman–Crippen LogP) is 3.38. The summed E-state index contributed by atoms with van der Waals surface area (Å²) in [5.74, 6) is 1.44. The van der Waals surface area contributed by atoms with E-state index in [9.17, 15) is 4.79 Å². The molecular formula is C19H23NO3. The molecule has 0 radical (unpaired) electrons. The number of nitrogens with one attached hydrogen (secondary N) is 1. The lowest BCUT2D eigenvalue weighted by atomic mass is 10.0. The molecule has 2 atom stereocenters. The van der Waals surface area contributed by atoms with Crippen LogP contribution in [0.25, 0.3) is 0 Å². The van der Waals surface area contributed by atoms with Crippen molar-refractivity contribution in [3.63, 3.8) is 0 Å². The molecular weight excluding hydrogens is 290 g/mol. The first kappa shape index (κ1) is 16.9. The minimum Gasteiger partial charge on any atom is -0.497 e. The highest BCUT2D eigenvalue weighted by Crippen LogP contribution is 2.20. The molecule has 0 spiro atoms. The third-order valence-corrected chi connectivity index (χ3v) is 3.67. The Morgan fingerprint density at radius 3 is 2.43 bits per heavy atom. The molecule has 0 saturated carbocycles. The Hall–Kier alpha value is -2.49. The quantitative estimate of drug-likeness (QED) is 0.852. The van der Waals surface area contributed by atoms with Crippen molar-refractivity contribution >= 4 is 5.91 Å². The second kappa shape index (κ2) is 8.22. The van der Waals surface area contributed by atoms with Crippen LogP contribution < -0.4 is 14.8 Å². The van der Waals surface area contributed by atoms with Crippen molar-refractivity contribution in [2.45, 2.75) is 25.9 Å². The summed E-state index contributed by atoms with van der Waals surface area (Å²) >= 11 is 0. The Labute approximate surface area is 137 Å². The number of methoxy groups -OCH3 is 1. The van der Waals surface area contributed by atoms with E-state index in [0.717, 1.165) is 0 Å². The zero-order valence-corrected chi connectivity index (χ0v) is 13.8.